The number of nitrogens with zero attached hydrogens (tertiary/aromatic N) is 4. The third-order valence-electron chi connectivity index (χ3n) is 10.5. The summed E-state index contributed by atoms with van der Waals surface area (Å²) in [5.74, 6) is 1.83. The van der Waals surface area contributed by atoms with Crippen molar-refractivity contribution in [2.75, 3.05) is 0 Å². The molecule has 1 aliphatic carbocycles. The van der Waals surface area contributed by atoms with Crippen LogP contribution in [0, 0.1) is 0 Å². The quantitative estimate of drug-likeness (QED) is 0.146. The van der Waals surface area contributed by atoms with Gasteiger partial charge in [-0.05, 0) is 61.3 Å². The Balaban J connectivity index is 1.25. The molecule has 3 heterocycles. The van der Waals surface area contributed by atoms with Crippen LogP contribution in [-0.4, -0.2) is 19.9 Å². The molecule has 0 amide bonds. The molecule has 48 heavy (non-hydrogen) atoms. The third-order valence-corrected chi connectivity index (χ3v) is 10.5. The average molecular weight is 615 g/mol. The lowest BCUT2D eigenvalue weighted by Gasteiger charge is -2.21. The Morgan fingerprint density at radius 2 is 1.23 bits per heavy atom. The molecule has 0 bridgehead atoms. The fourth-order valence-corrected chi connectivity index (χ4v) is 8.35. The molecule has 0 spiro atoms. The van der Waals surface area contributed by atoms with Crippen LogP contribution in [0.4, 0.5) is 0 Å². The van der Waals surface area contributed by atoms with Gasteiger partial charge in [0.15, 0.2) is 17.5 Å². The van der Waals surface area contributed by atoms with Gasteiger partial charge in [0.25, 0.3) is 0 Å². The van der Waals surface area contributed by atoms with Crippen molar-refractivity contribution in [1.29, 1.82) is 0 Å². The van der Waals surface area contributed by atoms with Crippen molar-refractivity contribution in [3.63, 3.8) is 0 Å². The molecule has 10 aromatic rings. The highest BCUT2D eigenvalue weighted by molar-refractivity contribution is 6.40. The van der Waals surface area contributed by atoms with Crippen LogP contribution in [0.3, 0.4) is 0 Å². The highest BCUT2D eigenvalue weighted by Crippen LogP contribution is 2.52. The van der Waals surface area contributed by atoms with E-state index in [-0.39, 0.29) is 5.41 Å². The molecule has 5 nitrogen and oxygen atoms in total. The van der Waals surface area contributed by atoms with Crippen molar-refractivity contribution >= 4 is 54.4 Å². The van der Waals surface area contributed by atoms with Gasteiger partial charge in [-0.25, -0.2) is 19.9 Å². The Bertz CT molecular complexity index is 2920. The summed E-state index contributed by atoms with van der Waals surface area (Å²) in [6.45, 7) is 4.59. The molecule has 0 fully saturated rings. The minimum Gasteiger partial charge on any atom is -0.437 e. The van der Waals surface area contributed by atoms with Gasteiger partial charge in [-0.3, -0.25) is 0 Å². The highest BCUT2D eigenvalue weighted by atomic mass is 16.3. The largest absolute Gasteiger partial charge is 0.437 e. The molecule has 5 heteroatoms. The van der Waals surface area contributed by atoms with E-state index in [1.165, 1.54) is 43.8 Å². The maximum atomic E-state index is 6.69. The molecule has 224 valence electrons. The second-order valence-electron chi connectivity index (χ2n) is 13.4. The number of hydrogen-bond donors (Lipinski definition) is 0. The zero-order chi connectivity index (χ0) is 31.7. The van der Waals surface area contributed by atoms with E-state index in [2.05, 4.69) is 111 Å². The van der Waals surface area contributed by atoms with Crippen LogP contribution in [0.25, 0.3) is 99.7 Å². The monoisotopic (exact) mass is 614 g/mol. The van der Waals surface area contributed by atoms with Crippen molar-refractivity contribution in [1.82, 2.24) is 19.9 Å². The van der Waals surface area contributed by atoms with Crippen molar-refractivity contribution in [3.8, 4) is 45.3 Å². The molecule has 0 atom stereocenters. The predicted molar refractivity (Wildman–Crippen MR) is 194 cm³/mol. The number of hydrogen-bond acceptors (Lipinski definition) is 5. The normalized spacial score (nSPS) is 13.8. The first-order valence-corrected chi connectivity index (χ1v) is 16.3. The maximum absolute atomic E-state index is 6.69. The summed E-state index contributed by atoms with van der Waals surface area (Å²) >= 11 is 0. The lowest BCUT2D eigenvalue weighted by atomic mass is 9.82. The standard InChI is InChI=1S/C43H26N4O/c1-43(2)31-16-7-6-13-28(31)35-29(15-9-17-32(35)43)40-45-39(24-10-4-3-5-11-24)46-41(47-40)30-22-25-19-18-23-12-8-14-26-27-20-21-44-42-36(27)37(38(30)48-42)34(25)33(23)26/h3-22H,1-2H3. The van der Waals surface area contributed by atoms with Crippen LogP contribution < -0.4 is 0 Å². The SMILES string of the molecule is CC1(C)c2ccccc2-c2c(-c3nc(-c4ccccc4)nc(-c4cc5ccc6cccc7c8ccnc9oc4c(c98)c5c67)n3)cccc21. The molecule has 0 N–H and O–H groups in total. The van der Waals surface area contributed by atoms with E-state index >= 15 is 0 Å². The Labute approximate surface area is 275 Å². The Morgan fingerprint density at radius 3 is 2.12 bits per heavy atom. The smallest absolute Gasteiger partial charge is 0.227 e. The van der Waals surface area contributed by atoms with E-state index in [1.54, 1.807) is 0 Å². The van der Waals surface area contributed by atoms with E-state index in [9.17, 15) is 0 Å². The van der Waals surface area contributed by atoms with Gasteiger partial charge in [0, 0.05) is 33.5 Å². The molecule has 0 saturated heterocycles. The molecule has 0 radical (unpaired) electrons. The first kappa shape index (κ1) is 25.9. The summed E-state index contributed by atoms with van der Waals surface area (Å²) in [6.07, 6.45) is 1.84. The van der Waals surface area contributed by atoms with Gasteiger partial charge in [-0.15, -0.1) is 0 Å². The second kappa shape index (κ2) is 8.99. The van der Waals surface area contributed by atoms with Crippen molar-refractivity contribution < 1.29 is 4.42 Å². The van der Waals surface area contributed by atoms with E-state index in [4.69, 9.17) is 24.4 Å². The molecular weight excluding hydrogens is 589 g/mol. The summed E-state index contributed by atoms with van der Waals surface area (Å²) in [6, 6.07) is 40.6. The molecular formula is C43H26N4O. The number of aromatic nitrogens is 4. The van der Waals surface area contributed by atoms with Crippen molar-refractivity contribution in [2.24, 2.45) is 0 Å². The van der Waals surface area contributed by atoms with E-state index in [1.807, 2.05) is 24.4 Å². The van der Waals surface area contributed by atoms with Crippen LogP contribution in [0.1, 0.15) is 25.0 Å². The van der Waals surface area contributed by atoms with Crippen LogP contribution in [-0.2, 0) is 5.41 Å². The summed E-state index contributed by atoms with van der Waals surface area (Å²) < 4.78 is 6.69. The summed E-state index contributed by atoms with van der Waals surface area (Å²) in [4.78, 5) is 20.3. The number of rotatable bonds is 3. The third kappa shape index (κ3) is 3.25. The number of fused-ring (bicyclic) bond motifs is 4. The first-order valence-electron chi connectivity index (χ1n) is 16.3. The van der Waals surface area contributed by atoms with Crippen LogP contribution in [0.2, 0.25) is 0 Å². The summed E-state index contributed by atoms with van der Waals surface area (Å²) in [7, 11) is 0. The van der Waals surface area contributed by atoms with E-state index in [0.29, 0.717) is 23.2 Å². The molecule has 3 aromatic heterocycles. The minimum absolute atomic E-state index is 0.140. The maximum Gasteiger partial charge on any atom is 0.227 e. The Hall–Kier alpha value is -6.20. The highest BCUT2D eigenvalue weighted by Gasteiger charge is 2.37. The zero-order valence-corrected chi connectivity index (χ0v) is 26.2. The number of benzene rings is 7. The van der Waals surface area contributed by atoms with Gasteiger partial charge in [0.2, 0.25) is 5.71 Å². The molecule has 0 aliphatic heterocycles. The van der Waals surface area contributed by atoms with Gasteiger partial charge in [-0.2, -0.15) is 0 Å². The Morgan fingerprint density at radius 1 is 0.521 bits per heavy atom. The molecule has 11 rings (SSSR count). The van der Waals surface area contributed by atoms with Crippen molar-refractivity contribution in [3.05, 3.63) is 133 Å². The molecule has 7 aromatic carbocycles. The van der Waals surface area contributed by atoms with E-state index in [0.717, 1.165) is 43.8 Å². The summed E-state index contributed by atoms with van der Waals surface area (Å²) in [5.41, 5.74) is 8.99. The van der Waals surface area contributed by atoms with Gasteiger partial charge >= 0.3 is 0 Å². The lowest BCUT2D eigenvalue weighted by molar-refractivity contribution is 0.655. The summed E-state index contributed by atoms with van der Waals surface area (Å²) in [5, 5.41) is 9.24. The van der Waals surface area contributed by atoms with Crippen molar-refractivity contribution in [2.45, 2.75) is 19.3 Å². The number of pyridine rings is 1. The fourth-order valence-electron chi connectivity index (χ4n) is 8.35. The Kier molecular flexibility index (Phi) is 4.86. The van der Waals surface area contributed by atoms with Gasteiger partial charge in [0.1, 0.15) is 5.58 Å². The zero-order valence-electron chi connectivity index (χ0n) is 26.2. The van der Waals surface area contributed by atoms with Crippen LogP contribution >= 0.6 is 0 Å². The number of furan rings is 1. The van der Waals surface area contributed by atoms with Crippen LogP contribution in [0.5, 0.6) is 0 Å². The van der Waals surface area contributed by atoms with Gasteiger partial charge in [-0.1, -0.05) is 117 Å². The molecule has 0 saturated carbocycles. The topological polar surface area (TPSA) is 64.7 Å². The molecule has 0 unspecified atom stereocenters. The lowest BCUT2D eigenvalue weighted by Crippen LogP contribution is -2.14. The van der Waals surface area contributed by atoms with Crippen LogP contribution in [0.15, 0.2) is 126 Å². The predicted octanol–water partition coefficient (Wildman–Crippen LogP) is 10.8. The van der Waals surface area contributed by atoms with E-state index < -0.39 is 0 Å². The minimum atomic E-state index is -0.140. The van der Waals surface area contributed by atoms with Gasteiger partial charge in [0.05, 0.1) is 10.9 Å². The first-order chi connectivity index (χ1) is 23.6. The molecule has 1 aliphatic rings. The van der Waals surface area contributed by atoms with Gasteiger partial charge < -0.3 is 4.42 Å². The second-order valence-corrected chi connectivity index (χ2v) is 13.4. The average Bonchev–Trinajstić information content (AvgIpc) is 3.64. The fraction of sp³-hybridized carbons (Fsp3) is 0.0698.